The summed E-state index contributed by atoms with van der Waals surface area (Å²) in [6.45, 7) is 1.33. The number of aromatic nitrogens is 3. The Morgan fingerprint density at radius 1 is 1.00 bits per heavy atom. The van der Waals surface area contributed by atoms with Crippen molar-refractivity contribution in [2.24, 2.45) is 0 Å². The third-order valence-electron chi connectivity index (χ3n) is 4.16. The van der Waals surface area contributed by atoms with Crippen LogP contribution in [0.25, 0.3) is 22.3 Å². The second-order valence-corrected chi connectivity index (χ2v) is 6.61. The van der Waals surface area contributed by atoms with Gasteiger partial charge < -0.3 is 4.52 Å². The Morgan fingerprint density at radius 3 is 2.65 bits per heavy atom. The third kappa shape index (κ3) is 3.59. The van der Waals surface area contributed by atoms with E-state index in [0.29, 0.717) is 23.3 Å². The summed E-state index contributed by atoms with van der Waals surface area (Å²) in [5, 5.41) is 5.90. The smallest absolute Gasteiger partial charge is 0.241 e. The summed E-state index contributed by atoms with van der Waals surface area (Å²) in [6.07, 6.45) is 1.84. The first-order valence-corrected chi connectivity index (χ1v) is 8.66. The van der Waals surface area contributed by atoms with Crippen LogP contribution in [0.1, 0.15) is 11.5 Å². The molecule has 130 valence electrons. The minimum atomic E-state index is 0.567. The zero-order valence-electron chi connectivity index (χ0n) is 14.3. The molecule has 0 saturated carbocycles. The van der Waals surface area contributed by atoms with Crippen LogP contribution >= 0.6 is 11.6 Å². The number of hydrogen-bond acceptors (Lipinski definition) is 5. The maximum Gasteiger partial charge on any atom is 0.241 e. The Labute approximate surface area is 156 Å². The standard InChI is InChI=1S/C20H17ClN4O/c1-25(12-15-10-11-22-18-5-3-2-4-17(15)18)13-19-23-20(24-26-19)14-6-8-16(21)9-7-14/h2-11H,12-13H2,1H3. The average molecular weight is 365 g/mol. The molecular formula is C20H17ClN4O. The Bertz CT molecular complexity index is 1020. The van der Waals surface area contributed by atoms with Gasteiger partial charge in [0.25, 0.3) is 0 Å². The van der Waals surface area contributed by atoms with Gasteiger partial charge in [0.15, 0.2) is 0 Å². The van der Waals surface area contributed by atoms with Crippen molar-refractivity contribution in [3.8, 4) is 11.4 Å². The Kier molecular flexibility index (Phi) is 4.65. The third-order valence-corrected chi connectivity index (χ3v) is 4.41. The number of pyridine rings is 1. The lowest BCUT2D eigenvalue weighted by Crippen LogP contribution is -2.17. The average Bonchev–Trinajstić information content (AvgIpc) is 3.11. The SMILES string of the molecule is CN(Cc1nc(-c2ccc(Cl)cc2)no1)Cc1ccnc2ccccc12. The van der Waals surface area contributed by atoms with Crippen molar-refractivity contribution in [1.82, 2.24) is 20.0 Å². The molecule has 0 aliphatic heterocycles. The molecule has 0 bridgehead atoms. The predicted molar refractivity (Wildman–Crippen MR) is 102 cm³/mol. The molecule has 0 amide bonds. The minimum Gasteiger partial charge on any atom is -0.338 e. The van der Waals surface area contributed by atoms with E-state index in [9.17, 15) is 0 Å². The van der Waals surface area contributed by atoms with Crippen molar-refractivity contribution in [3.05, 3.63) is 77.3 Å². The summed E-state index contributed by atoms with van der Waals surface area (Å²) < 4.78 is 5.40. The van der Waals surface area contributed by atoms with Crippen molar-refractivity contribution in [2.45, 2.75) is 13.1 Å². The summed E-state index contributed by atoms with van der Waals surface area (Å²) in [6, 6.07) is 17.6. The number of hydrogen-bond donors (Lipinski definition) is 0. The summed E-state index contributed by atoms with van der Waals surface area (Å²) in [5.74, 6) is 1.15. The summed E-state index contributed by atoms with van der Waals surface area (Å²) >= 11 is 5.92. The normalized spacial score (nSPS) is 11.3. The number of halogens is 1. The van der Waals surface area contributed by atoms with E-state index in [4.69, 9.17) is 16.1 Å². The lowest BCUT2D eigenvalue weighted by Gasteiger charge is -2.15. The summed E-state index contributed by atoms with van der Waals surface area (Å²) in [7, 11) is 2.03. The van der Waals surface area contributed by atoms with E-state index in [1.54, 1.807) is 0 Å². The topological polar surface area (TPSA) is 55.1 Å². The Balaban J connectivity index is 1.48. The van der Waals surface area contributed by atoms with E-state index in [-0.39, 0.29) is 0 Å². The van der Waals surface area contributed by atoms with Crippen LogP contribution in [0.15, 0.2) is 65.3 Å². The molecule has 2 aromatic carbocycles. The Morgan fingerprint density at radius 2 is 1.81 bits per heavy atom. The van der Waals surface area contributed by atoms with E-state index >= 15 is 0 Å². The first-order valence-electron chi connectivity index (χ1n) is 8.29. The maximum atomic E-state index is 5.92. The highest BCUT2D eigenvalue weighted by molar-refractivity contribution is 6.30. The number of fused-ring (bicyclic) bond motifs is 1. The van der Waals surface area contributed by atoms with Crippen molar-refractivity contribution in [1.29, 1.82) is 0 Å². The molecule has 2 aromatic heterocycles. The summed E-state index contributed by atoms with van der Waals surface area (Å²) in [4.78, 5) is 11.0. The zero-order valence-corrected chi connectivity index (χ0v) is 15.0. The van der Waals surface area contributed by atoms with E-state index in [1.807, 2.05) is 61.8 Å². The van der Waals surface area contributed by atoms with Gasteiger partial charge in [0, 0.05) is 28.7 Å². The Hall–Kier alpha value is -2.76. The number of para-hydroxylation sites is 1. The van der Waals surface area contributed by atoms with Gasteiger partial charge in [-0.3, -0.25) is 9.88 Å². The molecule has 0 radical (unpaired) electrons. The van der Waals surface area contributed by atoms with Crippen LogP contribution in [0.3, 0.4) is 0 Å². The fourth-order valence-corrected chi connectivity index (χ4v) is 3.03. The molecule has 0 atom stereocenters. The van der Waals surface area contributed by atoms with Gasteiger partial charge in [0.1, 0.15) is 0 Å². The highest BCUT2D eigenvalue weighted by atomic mass is 35.5. The van der Waals surface area contributed by atoms with Gasteiger partial charge in [-0.25, -0.2) is 0 Å². The highest BCUT2D eigenvalue weighted by Crippen LogP contribution is 2.20. The fraction of sp³-hybridized carbons (Fsp3) is 0.150. The quantitative estimate of drug-likeness (QED) is 0.519. The van der Waals surface area contributed by atoms with E-state index in [2.05, 4.69) is 26.1 Å². The van der Waals surface area contributed by atoms with Crippen molar-refractivity contribution >= 4 is 22.5 Å². The largest absolute Gasteiger partial charge is 0.338 e. The fourth-order valence-electron chi connectivity index (χ4n) is 2.91. The zero-order chi connectivity index (χ0) is 17.9. The number of rotatable bonds is 5. The van der Waals surface area contributed by atoms with Crippen LogP contribution in [-0.4, -0.2) is 27.1 Å². The summed E-state index contributed by atoms with van der Waals surface area (Å²) in [5.41, 5.74) is 3.10. The van der Waals surface area contributed by atoms with Crippen molar-refractivity contribution in [2.75, 3.05) is 7.05 Å². The molecule has 6 heteroatoms. The van der Waals surface area contributed by atoms with Crippen LogP contribution in [0.4, 0.5) is 0 Å². The molecule has 26 heavy (non-hydrogen) atoms. The lowest BCUT2D eigenvalue weighted by molar-refractivity contribution is 0.261. The van der Waals surface area contributed by atoms with Gasteiger partial charge in [-0.05, 0) is 49.0 Å². The maximum absolute atomic E-state index is 5.92. The monoisotopic (exact) mass is 364 g/mol. The van der Waals surface area contributed by atoms with Gasteiger partial charge in [-0.2, -0.15) is 4.98 Å². The molecular weight excluding hydrogens is 348 g/mol. The van der Waals surface area contributed by atoms with Gasteiger partial charge in [-0.15, -0.1) is 0 Å². The first-order chi connectivity index (χ1) is 12.7. The van der Waals surface area contributed by atoms with E-state index < -0.39 is 0 Å². The molecule has 4 rings (SSSR count). The van der Waals surface area contributed by atoms with Gasteiger partial charge in [-0.1, -0.05) is 35.0 Å². The molecule has 0 aliphatic rings. The van der Waals surface area contributed by atoms with Gasteiger partial charge in [0.05, 0.1) is 12.1 Å². The second kappa shape index (κ2) is 7.23. The van der Waals surface area contributed by atoms with Crippen molar-refractivity contribution in [3.63, 3.8) is 0 Å². The van der Waals surface area contributed by atoms with Gasteiger partial charge in [0.2, 0.25) is 11.7 Å². The molecule has 0 unspecified atom stereocenters. The van der Waals surface area contributed by atoms with Crippen molar-refractivity contribution < 1.29 is 4.52 Å². The minimum absolute atomic E-state index is 0.567. The molecule has 0 aliphatic carbocycles. The van der Waals surface area contributed by atoms with Crippen LogP contribution in [-0.2, 0) is 13.1 Å². The molecule has 5 nitrogen and oxygen atoms in total. The van der Waals surface area contributed by atoms with Crippen LogP contribution in [0.2, 0.25) is 5.02 Å². The molecule has 0 N–H and O–H groups in total. The number of nitrogens with zero attached hydrogens (tertiary/aromatic N) is 4. The molecule has 2 heterocycles. The first kappa shape index (κ1) is 16.7. The van der Waals surface area contributed by atoms with E-state index in [1.165, 1.54) is 5.56 Å². The second-order valence-electron chi connectivity index (χ2n) is 6.18. The van der Waals surface area contributed by atoms with Gasteiger partial charge >= 0.3 is 0 Å². The number of benzene rings is 2. The molecule has 4 aromatic rings. The molecule has 0 spiro atoms. The highest BCUT2D eigenvalue weighted by Gasteiger charge is 2.12. The van der Waals surface area contributed by atoms with Crippen LogP contribution in [0, 0.1) is 0 Å². The molecule has 0 saturated heterocycles. The van der Waals surface area contributed by atoms with E-state index in [0.717, 1.165) is 23.0 Å². The van der Waals surface area contributed by atoms with Crippen LogP contribution in [0.5, 0.6) is 0 Å². The molecule has 0 fully saturated rings. The lowest BCUT2D eigenvalue weighted by atomic mass is 10.1. The predicted octanol–water partition coefficient (Wildman–Crippen LogP) is 4.57. The van der Waals surface area contributed by atoms with Crippen LogP contribution < -0.4 is 0 Å².